The van der Waals surface area contributed by atoms with Gasteiger partial charge in [-0.2, -0.15) is 0 Å². The third-order valence-corrected chi connectivity index (χ3v) is 0.680. The van der Waals surface area contributed by atoms with Crippen molar-refractivity contribution in [2.75, 3.05) is 0 Å². The summed E-state index contributed by atoms with van der Waals surface area (Å²) in [5.41, 5.74) is 0. The van der Waals surface area contributed by atoms with Gasteiger partial charge in [0.25, 0.3) is 0 Å². The molecule has 0 saturated heterocycles. The molecule has 0 saturated carbocycles. The van der Waals surface area contributed by atoms with Gasteiger partial charge in [0.2, 0.25) is 0 Å². The second-order valence-corrected chi connectivity index (χ2v) is 1.39. The van der Waals surface area contributed by atoms with Gasteiger partial charge in [-0.3, -0.25) is 0 Å². The van der Waals surface area contributed by atoms with Gasteiger partial charge >= 0.3 is 0 Å². The van der Waals surface area contributed by atoms with Crippen molar-refractivity contribution in [2.24, 2.45) is 0 Å². The zero-order valence-electron chi connectivity index (χ0n) is 5.89. The summed E-state index contributed by atoms with van der Waals surface area (Å²) in [6.07, 6.45) is 5.21. The van der Waals surface area contributed by atoms with E-state index in [1.165, 1.54) is 25.3 Å². The third kappa shape index (κ3) is 3.82. The molecule has 12 heavy (non-hydrogen) atoms. The van der Waals surface area contributed by atoms with Crippen molar-refractivity contribution in [3.8, 4) is 0 Å². The molecule has 2 heterocycles. The van der Waals surface area contributed by atoms with E-state index in [1.54, 1.807) is 0 Å². The quantitative estimate of drug-likeness (QED) is 0.465. The maximum atomic E-state index is 3.50. The molecule has 2 aromatic heterocycles. The van der Waals surface area contributed by atoms with Crippen LogP contribution in [0.2, 0.25) is 0 Å². The highest BCUT2D eigenvalue weighted by atomic mass is 15.3. The molecule has 0 unspecified atom stereocenters. The Labute approximate surface area is 67.1 Å². The van der Waals surface area contributed by atoms with E-state index >= 15 is 0 Å². The van der Waals surface area contributed by atoms with E-state index < -0.39 is 0 Å². The van der Waals surface area contributed by atoms with Crippen molar-refractivity contribution in [2.45, 2.75) is 0 Å². The lowest BCUT2D eigenvalue weighted by Gasteiger charge is -1.68. The number of hydrogen-bond donors (Lipinski definition) is 0. The van der Waals surface area contributed by atoms with Gasteiger partial charge in [0.1, 0.15) is 12.7 Å². The molecule has 0 aliphatic rings. The van der Waals surface area contributed by atoms with Gasteiger partial charge in [0.15, 0.2) is 12.7 Å². The van der Waals surface area contributed by atoms with E-state index in [4.69, 9.17) is 0 Å². The Morgan fingerprint density at radius 1 is 0.500 bits per heavy atom. The van der Waals surface area contributed by atoms with Crippen LogP contribution in [0.4, 0.5) is 0 Å². The second kappa shape index (κ2) is 5.65. The van der Waals surface area contributed by atoms with Crippen LogP contribution in [0.25, 0.3) is 0 Å². The largest absolute Gasteiger partial charge is 0.221 e. The number of nitrogens with zero attached hydrogens (tertiary/aromatic N) is 8. The first kappa shape index (κ1) is 7.98. The van der Waals surface area contributed by atoms with Crippen molar-refractivity contribution >= 4 is 0 Å². The van der Waals surface area contributed by atoms with E-state index in [2.05, 4.69) is 40.8 Å². The summed E-state index contributed by atoms with van der Waals surface area (Å²) in [6.45, 7) is 0. The van der Waals surface area contributed by atoms with Crippen molar-refractivity contribution in [1.29, 1.82) is 0 Å². The molecule has 0 amide bonds. The van der Waals surface area contributed by atoms with Gasteiger partial charge in [-0.25, -0.2) is 4.98 Å². The highest BCUT2D eigenvalue weighted by molar-refractivity contribution is 4.39. The maximum absolute atomic E-state index is 3.50. The molecule has 0 radical (unpaired) electrons. The van der Waals surface area contributed by atoms with Crippen molar-refractivity contribution in [1.82, 2.24) is 40.8 Å². The fourth-order valence-electron chi connectivity index (χ4n) is 0.331. The molecule has 8 nitrogen and oxygen atoms in total. The average molecular weight is 164 g/mol. The second-order valence-electron chi connectivity index (χ2n) is 1.39. The molecule has 0 bridgehead atoms. The van der Waals surface area contributed by atoms with Crippen molar-refractivity contribution in [3.63, 3.8) is 0 Å². The van der Waals surface area contributed by atoms with Crippen LogP contribution >= 0.6 is 0 Å². The minimum Gasteiger partial charge on any atom is -0.221 e. The van der Waals surface area contributed by atoms with Gasteiger partial charge < -0.3 is 0 Å². The van der Waals surface area contributed by atoms with Crippen LogP contribution < -0.4 is 0 Å². The molecule has 0 aromatic carbocycles. The van der Waals surface area contributed by atoms with E-state index in [1.807, 2.05) is 0 Å². The van der Waals surface area contributed by atoms with Crippen LogP contribution in [0.5, 0.6) is 0 Å². The average Bonchev–Trinajstić information content (AvgIpc) is 2.24. The minimum atomic E-state index is 1.28. The molecule has 8 heteroatoms. The molecule has 0 N–H and O–H groups in total. The Bertz CT molecular complexity index is 186. The predicted molar refractivity (Wildman–Crippen MR) is 35.2 cm³/mol. The third-order valence-electron chi connectivity index (χ3n) is 0.680. The molecular weight excluding hydrogens is 160 g/mol. The smallest absolute Gasteiger partial charge is 0.160 e. The highest BCUT2D eigenvalue weighted by Crippen LogP contribution is 1.51. The first-order valence-electron chi connectivity index (χ1n) is 2.87. The van der Waals surface area contributed by atoms with E-state index in [0.717, 1.165) is 0 Å². The fraction of sp³-hybridized carbons (Fsp3) is 0. The van der Waals surface area contributed by atoms with Crippen LogP contribution in [0.3, 0.4) is 0 Å². The van der Waals surface area contributed by atoms with Gasteiger partial charge in [-0.15, -0.1) is 30.6 Å². The van der Waals surface area contributed by atoms with Gasteiger partial charge in [-0.1, -0.05) is 0 Å². The first-order valence-corrected chi connectivity index (χ1v) is 2.87. The zero-order chi connectivity index (χ0) is 8.49. The molecule has 0 spiro atoms. The first-order chi connectivity index (χ1) is 6.00. The topological polar surface area (TPSA) is 103 Å². The minimum absolute atomic E-state index is 1.28. The summed E-state index contributed by atoms with van der Waals surface area (Å²) in [6, 6.07) is 0. The van der Waals surface area contributed by atoms with Crippen LogP contribution in [-0.4, -0.2) is 40.8 Å². The summed E-state index contributed by atoms with van der Waals surface area (Å²) >= 11 is 0. The molecule has 0 aliphatic carbocycles. The van der Waals surface area contributed by atoms with E-state index in [-0.39, 0.29) is 0 Å². The highest BCUT2D eigenvalue weighted by Gasteiger charge is 1.61. The Morgan fingerprint density at radius 3 is 1.17 bits per heavy atom. The lowest BCUT2D eigenvalue weighted by atomic mass is 11.2. The summed E-state index contributed by atoms with van der Waals surface area (Å²) in [5, 5.41) is 23.3. The van der Waals surface area contributed by atoms with Crippen LogP contribution in [-0.2, 0) is 0 Å². The van der Waals surface area contributed by atoms with Gasteiger partial charge in [-0.05, 0) is 5.21 Å². The maximum Gasteiger partial charge on any atom is 0.160 e. The Balaban J connectivity index is 0.000000120. The monoisotopic (exact) mass is 164 g/mol. The van der Waals surface area contributed by atoms with Crippen LogP contribution in [0.1, 0.15) is 0 Å². The lowest BCUT2D eigenvalue weighted by Crippen LogP contribution is -1.82. The number of hydrogen-bond acceptors (Lipinski definition) is 8. The van der Waals surface area contributed by atoms with Gasteiger partial charge in [0, 0.05) is 0 Å². The Hall–Kier alpha value is -2.12. The lowest BCUT2D eigenvalue weighted by molar-refractivity contribution is 0.817. The van der Waals surface area contributed by atoms with Crippen LogP contribution in [0.15, 0.2) is 25.3 Å². The zero-order valence-corrected chi connectivity index (χ0v) is 5.89. The molecule has 0 fully saturated rings. The summed E-state index contributed by atoms with van der Waals surface area (Å²) in [4.78, 5) is 3.50. The van der Waals surface area contributed by atoms with Crippen molar-refractivity contribution < 1.29 is 0 Å². The Morgan fingerprint density at radius 2 is 1.00 bits per heavy atom. The molecular formula is C4H4N8. The van der Waals surface area contributed by atoms with Crippen LogP contribution in [0, 0.1) is 0 Å². The molecule has 2 rings (SSSR count). The summed E-state index contributed by atoms with van der Waals surface area (Å²) in [7, 11) is 0. The Kier molecular flexibility index (Phi) is 3.76. The summed E-state index contributed by atoms with van der Waals surface area (Å²) in [5.74, 6) is 0. The molecule has 2 aromatic rings. The van der Waals surface area contributed by atoms with Crippen molar-refractivity contribution in [3.05, 3.63) is 25.3 Å². The summed E-state index contributed by atoms with van der Waals surface area (Å²) < 4.78 is 0. The molecule has 0 aliphatic heterocycles. The molecule has 0 atom stereocenters. The van der Waals surface area contributed by atoms with E-state index in [9.17, 15) is 0 Å². The van der Waals surface area contributed by atoms with Gasteiger partial charge in [0.05, 0.1) is 0 Å². The van der Waals surface area contributed by atoms with E-state index in [0.29, 0.717) is 0 Å². The standard InChI is InChI=1S/2C2H2N4/c1-3-5-2-6-4-1;1-3-2-5-6-4-1/h2*1-2H. The normalized spacial score (nSPS) is 8.00. The number of rotatable bonds is 0. The fourth-order valence-corrected chi connectivity index (χ4v) is 0.331. The SMILES string of the molecule is c1ncnnn1.c1nncnn1. The number of aromatic nitrogens is 8. The molecule has 60 valence electrons. The predicted octanol–water partition coefficient (Wildman–Crippen LogP) is -1.47.